The number of thioether (sulfide) groups is 2. The molecule has 4 heteroatoms. The van der Waals surface area contributed by atoms with E-state index in [2.05, 4.69) is 30.3 Å². The van der Waals surface area contributed by atoms with Crippen LogP contribution < -0.4 is 0 Å². The molecule has 0 bridgehead atoms. The second kappa shape index (κ2) is 5.12. The Kier molecular flexibility index (Phi) is 4.38. The first-order valence-corrected chi connectivity index (χ1v) is 6.70. The molecule has 0 aliphatic heterocycles. The Bertz CT molecular complexity index is 276. The zero-order valence-corrected chi connectivity index (χ0v) is 10.9. The zero-order chi connectivity index (χ0) is 10.6. The molecule has 0 fully saturated rings. The van der Waals surface area contributed by atoms with Gasteiger partial charge >= 0.3 is 0 Å². The van der Waals surface area contributed by atoms with E-state index < -0.39 is 0 Å². The highest BCUT2D eigenvalue weighted by Crippen LogP contribution is 2.25. The van der Waals surface area contributed by atoms with E-state index in [1.54, 1.807) is 0 Å². The maximum absolute atomic E-state index is 4.27. The maximum atomic E-state index is 4.27. The average Bonchev–Trinajstić information content (AvgIpc) is 2.44. The van der Waals surface area contributed by atoms with Crippen LogP contribution in [0.3, 0.4) is 0 Å². The number of imidazole rings is 1. The van der Waals surface area contributed by atoms with E-state index in [1.807, 2.05) is 43.0 Å². The highest BCUT2D eigenvalue weighted by atomic mass is 32.2. The second-order valence-electron chi connectivity index (χ2n) is 4.13. The van der Waals surface area contributed by atoms with Crippen molar-refractivity contribution in [2.24, 2.45) is 7.05 Å². The smallest absolute Gasteiger partial charge is 0.167 e. The maximum Gasteiger partial charge on any atom is 0.167 e. The summed E-state index contributed by atoms with van der Waals surface area (Å²) in [4.78, 5) is 4.27. The van der Waals surface area contributed by atoms with Gasteiger partial charge in [-0.3, -0.25) is 0 Å². The van der Waals surface area contributed by atoms with Crippen molar-refractivity contribution in [1.82, 2.24) is 9.55 Å². The number of hydrogen-bond donors (Lipinski definition) is 0. The summed E-state index contributed by atoms with van der Waals surface area (Å²) in [6, 6.07) is 0. The lowest BCUT2D eigenvalue weighted by Crippen LogP contribution is -2.09. The van der Waals surface area contributed by atoms with E-state index in [9.17, 15) is 0 Å². The Hall–Kier alpha value is -0.0900. The fourth-order valence-electron chi connectivity index (χ4n) is 0.972. The molecular weight excluding hydrogens is 212 g/mol. The van der Waals surface area contributed by atoms with Gasteiger partial charge < -0.3 is 4.57 Å². The number of aryl methyl sites for hydroxylation is 1. The fourth-order valence-corrected chi connectivity index (χ4v) is 2.83. The molecule has 0 saturated carbocycles. The van der Waals surface area contributed by atoms with Crippen LogP contribution in [0.1, 0.15) is 20.8 Å². The van der Waals surface area contributed by atoms with E-state index >= 15 is 0 Å². The van der Waals surface area contributed by atoms with E-state index in [0.717, 1.165) is 10.9 Å². The summed E-state index contributed by atoms with van der Waals surface area (Å²) in [5, 5.41) is 1.11. The van der Waals surface area contributed by atoms with Gasteiger partial charge in [0.1, 0.15) is 0 Å². The van der Waals surface area contributed by atoms with Crippen LogP contribution >= 0.6 is 23.5 Å². The molecule has 80 valence electrons. The Balaban J connectivity index is 2.20. The van der Waals surface area contributed by atoms with Gasteiger partial charge in [0.25, 0.3) is 0 Å². The summed E-state index contributed by atoms with van der Waals surface area (Å²) in [5.74, 6) is 2.31. The van der Waals surface area contributed by atoms with Gasteiger partial charge in [-0.2, -0.15) is 11.8 Å². The van der Waals surface area contributed by atoms with Crippen molar-refractivity contribution in [3.05, 3.63) is 12.4 Å². The minimum atomic E-state index is 0.377. The standard InChI is InChI=1S/C10H18N2S2/c1-10(2,3)14-8-7-13-9-11-5-6-12(9)4/h5-6H,7-8H2,1-4H3. The molecule has 0 aliphatic rings. The molecule has 14 heavy (non-hydrogen) atoms. The van der Waals surface area contributed by atoms with Crippen LogP contribution in [-0.2, 0) is 7.05 Å². The molecule has 0 radical (unpaired) electrons. The monoisotopic (exact) mass is 230 g/mol. The van der Waals surface area contributed by atoms with Crippen LogP contribution in [0.5, 0.6) is 0 Å². The molecule has 0 aromatic carbocycles. The SMILES string of the molecule is Cn1ccnc1SCCSC(C)(C)C. The summed E-state index contributed by atoms with van der Waals surface area (Å²) in [6.07, 6.45) is 3.83. The van der Waals surface area contributed by atoms with Crippen LogP contribution in [0.15, 0.2) is 17.6 Å². The topological polar surface area (TPSA) is 17.8 Å². The molecule has 1 aromatic rings. The van der Waals surface area contributed by atoms with Crippen LogP contribution in [0.25, 0.3) is 0 Å². The van der Waals surface area contributed by atoms with Crippen LogP contribution in [0, 0.1) is 0 Å². The summed E-state index contributed by atoms with van der Waals surface area (Å²) in [5.41, 5.74) is 0. The number of hydrogen-bond acceptors (Lipinski definition) is 3. The third-order valence-electron chi connectivity index (χ3n) is 1.63. The largest absolute Gasteiger partial charge is 0.329 e. The first kappa shape index (κ1) is 12.0. The molecule has 1 rings (SSSR count). The fraction of sp³-hybridized carbons (Fsp3) is 0.700. The van der Waals surface area contributed by atoms with Crippen LogP contribution in [0.4, 0.5) is 0 Å². The van der Waals surface area contributed by atoms with Gasteiger partial charge in [-0.05, 0) is 0 Å². The summed E-state index contributed by atoms with van der Waals surface area (Å²) in [7, 11) is 2.03. The number of rotatable bonds is 4. The Morgan fingerprint density at radius 1 is 1.36 bits per heavy atom. The summed E-state index contributed by atoms with van der Waals surface area (Å²) >= 11 is 3.83. The van der Waals surface area contributed by atoms with Crippen molar-refractivity contribution in [1.29, 1.82) is 0 Å². The second-order valence-corrected chi connectivity index (χ2v) is 7.11. The predicted molar refractivity (Wildman–Crippen MR) is 66.1 cm³/mol. The average molecular weight is 230 g/mol. The summed E-state index contributed by atoms with van der Waals surface area (Å²) < 4.78 is 2.44. The van der Waals surface area contributed by atoms with Crippen LogP contribution in [0.2, 0.25) is 0 Å². The molecule has 0 atom stereocenters. The van der Waals surface area contributed by atoms with Crippen molar-refractivity contribution < 1.29 is 0 Å². The molecule has 0 unspecified atom stereocenters. The highest BCUT2D eigenvalue weighted by Gasteiger charge is 2.10. The van der Waals surface area contributed by atoms with Crippen molar-refractivity contribution in [2.75, 3.05) is 11.5 Å². The lowest BCUT2D eigenvalue weighted by molar-refractivity contribution is 0.790. The summed E-state index contributed by atoms with van der Waals surface area (Å²) in [6.45, 7) is 6.76. The van der Waals surface area contributed by atoms with Gasteiger partial charge in [-0.15, -0.1) is 0 Å². The molecular formula is C10H18N2S2. The molecule has 2 nitrogen and oxygen atoms in total. The molecule has 0 aliphatic carbocycles. The highest BCUT2D eigenvalue weighted by molar-refractivity contribution is 8.03. The van der Waals surface area contributed by atoms with Crippen molar-refractivity contribution in [2.45, 2.75) is 30.7 Å². The van der Waals surface area contributed by atoms with Gasteiger partial charge in [0.05, 0.1) is 0 Å². The first-order valence-electron chi connectivity index (χ1n) is 4.73. The molecule has 0 spiro atoms. The first-order chi connectivity index (χ1) is 6.49. The van der Waals surface area contributed by atoms with E-state index in [4.69, 9.17) is 0 Å². The Morgan fingerprint density at radius 3 is 2.57 bits per heavy atom. The third-order valence-corrected chi connectivity index (χ3v) is 4.22. The van der Waals surface area contributed by atoms with E-state index in [0.29, 0.717) is 4.75 Å². The molecule has 0 amide bonds. The van der Waals surface area contributed by atoms with Gasteiger partial charge in [0.2, 0.25) is 0 Å². The Morgan fingerprint density at radius 2 is 2.07 bits per heavy atom. The van der Waals surface area contributed by atoms with Gasteiger partial charge in [-0.25, -0.2) is 4.98 Å². The quantitative estimate of drug-likeness (QED) is 0.585. The van der Waals surface area contributed by atoms with Gasteiger partial charge in [0, 0.05) is 35.7 Å². The lowest BCUT2D eigenvalue weighted by Gasteiger charge is -2.16. The number of nitrogens with zero attached hydrogens (tertiary/aromatic N) is 2. The Labute approximate surface area is 94.9 Å². The normalized spacial score (nSPS) is 12.0. The minimum absolute atomic E-state index is 0.377. The van der Waals surface area contributed by atoms with Crippen molar-refractivity contribution in [3.63, 3.8) is 0 Å². The van der Waals surface area contributed by atoms with E-state index in [1.165, 1.54) is 5.75 Å². The van der Waals surface area contributed by atoms with Gasteiger partial charge in [-0.1, -0.05) is 32.5 Å². The number of aromatic nitrogens is 2. The molecule has 0 N–H and O–H groups in total. The molecule has 1 heterocycles. The minimum Gasteiger partial charge on any atom is -0.329 e. The molecule has 0 saturated heterocycles. The molecule has 1 aromatic heterocycles. The van der Waals surface area contributed by atoms with Crippen LogP contribution in [-0.4, -0.2) is 25.8 Å². The van der Waals surface area contributed by atoms with Crippen molar-refractivity contribution in [3.8, 4) is 0 Å². The lowest BCUT2D eigenvalue weighted by atomic mass is 10.3. The van der Waals surface area contributed by atoms with E-state index in [-0.39, 0.29) is 0 Å². The zero-order valence-electron chi connectivity index (χ0n) is 9.28. The predicted octanol–water partition coefficient (Wildman–Crippen LogP) is 3.04. The van der Waals surface area contributed by atoms with Gasteiger partial charge in [0.15, 0.2) is 5.16 Å². The van der Waals surface area contributed by atoms with Crippen molar-refractivity contribution >= 4 is 23.5 Å². The third kappa shape index (κ3) is 4.42.